The number of aromatic nitrogens is 1. The molecule has 1 heterocycles. The van der Waals surface area contributed by atoms with Crippen LogP contribution in [-0.2, 0) is 0 Å². The van der Waals surface area contributed by atoms with E-state index >= 15 is 0 Å². The lowest BCUT2D eigenvalue weighted by Crippen LogP contribution is -2.04. The van der Waals surface area contributed by atoms with E-state index in [1.165, 1.54) is 22.3 Å². The van der Waals surface area contributed by atoms with Crippen molar-refractivity contribution in [1.82, 2.24) is 4.98 Å². The van der Waals surface area contributed by atoms with Crippen molar-refractivity contribution >= 4 is 6.21 Å². The fraction of sp³-hybridized carbons (Fsp3) is 0.217. The molecule has 0 saturated heterocycles. The van der Waals surface area contributed by atoms with E-state index in [-0.39, 0.29) is 6.04 Å². The van der Waals surface area contributed by atoms with E-state index in [1.807, 2.05) is 31.5 Å². The second kappa shape index (κ2) is 8.93. The fourth-order valence-electron chi connectivity index (χ4n) is 2.63. The van der Waals surface area contributed by atoms with Crippen molar-refractivity contribution in [3.05, 3.63) is 101 Å². The van der Waals surface area contributed by atoms with Crippen LogP contribution in [-0.4, -0.2) is 11.2 Å². The first-order valence-electron chi connectivity index (χ1n) is 8.50. The molecule has 0 aliphatic heterocycles. The number of benzene rings is 1. The van der Waals surface area contributed by atoms with Crippen molar-refractivity contribution in [2.45, 2.75) is 33.7 Å². The Morgan fingerprint density at radius 3 is 2.48 bits per heavy atom. The second-order valence-electron chi connectivity index (χ2n) is 6.35. The summed E-state index contributed by atoms with van der Waals surface area (Å²) in [6.45, 7) is 12.2. The van der Waals surface area contributed by atoms with Gasteiger partial charge in [-0.25, -0.2) is 0 Å². The summed E-state index contributed by atoms with van der Waals surface area (Å²) < 4.78 is 0. The maximum Gasteiger partial charge on any atom is 0.100 e. The monoisotopic (exact) mass is 330 g/mol. The van der Waals surface area contributed by atoms with Gasteiger partial charge in [0.15, 0.2) is 0 Å². The molecule has 0 fully saturated rings. The highest BCUT2D eigenvalue weighted by molar-refractivity contribution is 5.77. The molecule has 0 radical (unpaired) electrons. The minimum atomic E-state index is -0.0643. The first-order valence-corrected chi connectivity index (χ1v) is 8.50. The Hall–Kier alpha value is -2.74. The number of pyridine rings is 1. The van der Waals surface area contributed by atoms with E-state index < -0.39 is 0 Å². The van der Waals surface area contributed by atoms with Gasteiger partial charge in [-0.05, 0) is 56.0 Å². The van der Waals surface area contributed by atoms with Crippen LogP contribution in [0.5, 0.6) is 0 Å². The van der Waals surface area contributed by atoms with E-state index in [4.69, 9.17) is 4.99 Å². The lowest BCUT2D eigenvalue weighted by molar-refractivity contribution is 0.852. The topological polar surface area (TPSA) is 25.2 Å². The Labute approximate surface area is 151 Å². The number of aliphatic imine (C=N–C) groups is 1. The van der Waals surface area contributed by atoms with Gasteiger partial charge in [-0.3, -0.25) is 9.98 Å². The van der Waals surface area contributed by atoms with E-state index in [2.05, 4.69) is 68.7 Å². The zero-order chi connectivity index (χ0) is 18.2. The summed E-state index contributed by atoms with van der Waals surface area (Å²) in [5, 5.41) is 0. The summed E-state index contributed by atoms with van der Waals surface area (Å²) >= 11 is 0. The van der Waals surface area contributed by atoms with Crippen LogP contribution >= 0.6 is 0 Å². The molecule has 2 heteroatoms. The maximum atomic E-state index is 4.90. The smallest absolute Gasteiger partial charge is 0.100 e. The summed E-state index contributed by atoms with van der Waals surface area (Å²) in [6, 6.07) is 12.4. The van der Waals surface area contributed by atoms with Crippen LogP contribution in [0.3, 0.4) is 0 Å². The van der Waals surface area contributed by atoms with Crippen LogP contribution in [0.4, 0.5) is 0 Å². The third kappa shape index (κ3) is 5.12. The lowest BCUT2D eigenvalue weighted by atomic mass is 9.92. The van der Waals surface area contributed by atoms with Crippen molar-refractivity contribution in [2.24, 2.45) is 4.99 Å². The van der Waals surface area contributed by atoms with Gasteiger partial charge in [-0.2, -0.15) is 0 Å². The van der Waals surface area contributed by atoms with Gasteiger partial charge in [0.1, 0.15) is 6.04 Å². The SMILES string of the molecule is C=C/C=C\C(=C(C)C)C(N=Cc1ccc(C)cn1)c1ccccc1C. The van der Waals surface area contributed by atoms with E-state index in [1.54, 1.807) is 6.08 Å². The number of allylic oxidation sites excluding steroid dienone is 3. The van der Waals surface area contributed by atoms with Crippen molar-refractivity contribution in [3.63, 3.8) is 0 Å². The number of rotatable bonds is 6. The molecule has 0 bridgehead atoms. The third-order valence-electron chi connectivity index (χ3n) is 4.06. The molecule has 0 saturated carbocycles. The van der Waals surface area contributed by atoms with Crippen LogP contribution in [0.25, 0.3) is 0 Å². The van der Waals surface area contributed by atoms with Gasteiger partial charge in [0.05, 0.1) is 5.69 Å². The van der Waals surface area contributed by atoms with Gasteiger partial charge < -0.3 is 0 Å². The summed E-state index contributed by atoms with van der Waals surface area (Å²) in [5.41, 5.74) is 6.86. The van der Waals surface area contributed by atoms with Crippen molar-refractivity contribution in [2.75, 3.05) is 0 Å². The zero-order valence-corrected chi connectivity index (χ0v) is 15.5. The Morgan fingerprint density at radius 1 is 1.12 bits per heavy atom. The van der Waals surface area contributed by atoms with Crippen LogP contribution < -0.4 is 0 Å². The van der Waals surface area contributed by atoms with Crippen LogP contribution in [0.1, 0.15) is 42.3 Å². The molecule has 0 aliphatic carbocycles. The predicted octanol–water partition coefficient (Wildman–Crippen LogP) is 5.94. The summed E-state index contributed by atoms with van der Waals surface area (Å²) in [4.78, 5) is 9.33. The highest BCUT2D eigenvalue weighted by atomic mass is 14.8. The molecule has 1 atom stereocenters. The standard InChI is InChI=1S/C23H26N2/c1-6-7-11-21(17(2)3)23(22-12-9-8-10-19(22)5)25-16-20-14-13-18(4)15-24-20/h6-16,23H,1H2,2-5H3/b11-7-,25-16?. The summed E-state index contributed by atoms with van der Waals surface area (Å²) in [5.74, 6) is 0. The van der Waals surface area contributed by atoms with Gasteiger partial charge in [0.2, 0.25) is 0 Å². The number of hydrogen-bond donors (Lipinski definition) is 0. The molecule has 2 rings (SSSR count). The quantitative estimate of drug-likeness (QED) is 0.475. The first kappa shape index (κ1) is 18.6. The lowest BCUT2D eigenvalue weighted by Gasteiger charge is -2.18. The average Bonchev–Trinajstić information content (AvgIpc) is 2.60. The number of hydrogen-bond acceptors (Lipinski definition) is 2. The zero-order valence-electron chi connectivity index (χ0n) is 15.5. The van der Waals surface area contributed by atoms with Gasteiger partial charge in [-0.15, -0.1) is 0 Å². The molecule has 128 valence electrons. The van der Waals surface area contributed by atoms with Crippen LogP contribution in [0.2, 0.25) is 0 Å². The fourth-order valence-corrected chi connectivity index (χ4v) is 2.63. The molecule has 1 aromatic heterocycles. The molecule has 1 aromatic carbocycles. The largest absolute Gasteiger partial charge is 0.278 e. The van der Waals surface area contributed by atoms with E-state index in [0.717, 1.165) is 11.3 Å². The summed E-state index contributed by atoms with van der Waals surface area (Å²) in [7, 11) is 0. The van der Waals surface area contributed by atoms with Gasteiger partial charge in [0.25, 0.3) is 0 Å². The normalized spacial score (nSPS) is 12.5. The minimum absolute atomic E-state index is 0.0643. The summed E-state index contributed by atoms with van der Waals surface area (Å²) in [6.07, 6.45) is 9.58. The van der Waals surface area contributed by atoms with Gasteiger partial charge in [0, 0.05) is 12.4 Å². The van der Waals surface area contributed by atoms with E-state index in [9.17, 15) is 0 Å². The Bertz CT molecular complexity index is 804. The third-order valence-corrected chi connectivity index (χ3v) is 4.06. The van der Waals surface area contributed by atoms with Crippen LogP contribution in [0.15, 0.2) is 83.5 Å². The van der Waals surface area contributed by atoms with Gasteiger partial charge in [-0.1, -0.05) is 60.7 Å². The highest BCUT2D eigenvalue weighted by Crippen LogP contribution is 2.31. The predicted molar refractivity (Wildman–Crippen MR) is 108 cm³/mol. The van der Waals surface area contributed by atoms with Crippen molar-refractivity contribution < 1.29 is 0 Å². The molecule has 2 aromatic rings. The first-order chi connectivity index (χ1) is 12.0. The van der Waals surface area contributed by atoms with Crippen LogP contribution in [0, 0.1) is 13.8 Å². The van der Waals surface area contributed by atoms with Crippen molar-refractivity contribution in [3.8, 4) is 0 Å². The highest BCUT2D eigenvalue weighted by Gasteiger charge is 2.16. The minimum Gasteiger partial charge on any atom is -0.278 e. The molecule has 0 spiro atoms. The molecular weight excluding hydrogens is 304 g/mol. The Balaban J connectivity index is 2.50. The van der Waals surface area contributed by atoms with E-state index in [0.29, 0.717) is 0 Å². The maximum absolute atomic E-state index is 4.90. The molecule has 1 unspecified atom stereocenters. The average molecular weight is 330 g/mol. The Kier molecular flexibility index (Phi) is 6.64. The number of nitrogens with zero attached hydrogens (tertiary/aromatic N) is 2. The molecule has 2 nitrogen and oxygen atoms in total. The molecule has 0 aliphatic rings. The van der Waals surface area contributed by atoms with Crippen molar-refractivity contribution in [1.29, 1.82) is 0 Å². The molecular formula is C23H26N2. The molecule has 0 amide bonds. The molecule has 25 heavy (non-hydrogen) atoms. The number of aryl methyl sites for hydroxylation is 2. The Morgan fingerprint density at radius 2 is 1.88 bits per heavy atom. The van der Waals surface area contributed by atoms with Gasteiger partial charge >= 0.3 is 0 Å². The second-order valence-corrected chi connectivity index (χ2v) is 6.35. The molecule has 0 N–H and O–H groups in total.